The zero-order chi connectivity index (χ0) is 14.2. The van der Waals surface area contributed by atoms with Gasteiger partial charge >= 0.3 is 0 Å². The summed E-state index contributed by atoms with van der Waals surface area (Å²) in [6.07, 6.45) is 0. The molecule has 1 saturated heterocycles. The van der Waals surface area contributed by atoms with Gasteiger partial charge in [-0.05, 0) is 30.2 Å². The Morgan fingerprint density at radius 1 is 1.25 bits per heavy atom. The van der Waals surface area contributed by atoms with E-state index < -0.39 is 15.9 Å². The van der Waals surface area contributed by atoms with Crippen molar-refractivity contribution in [3.05, 3.63) is 29.8 Å². The van der Waals surface area contributed by atoms with Gasteiger partial charge < -0.3 is 11.5 Å². The molecule has 0 bridgehead atoms. The summed E-state index contributed by atoms with van der Waals surface area (Å²) < 4.78 is 26.1. The molecule has 0 spiro atoms. The molecular weight excluding hydrogens is 302 g/mol. The number of nitrogens with zero attached hydrogens (tertiary/aromatic N) is 1. The predicted octanol–water partition coefficient (Wildman–Crippen LogP) is 0.175. The van der Waals surface area contributed by atoms with Crippen molar-refractivity contribution in [3.63, 3.8) is 0 Å². The Balaban J connectivity index is 0.00000200. The summed E-state index contributed by atoms with van der Waals surface area (Å²) in [5.41, 5.74) is 11.2. The van der Waals surface area contributed by atoms with E-state index >= 15 is 0 Å². The van der Waals surface area contributed by atoms with Crippen molar-refractivity contribution >= 4 is 28.3 Å². The van der Waals surface area contributed by atoms with Crippen LogP contribution in [-0.4, -0.2) is 37.8 Å². The lowest BCUT2D eigenvalue weighted by Gasteiger charge is -2.16. The zero-order valence-corrected chi connectivity index (χ0v) is 12.7. The van der Waals surface area contributed by atoms with E-state index in [1.54, 1.807) is 0 Å². The molecule has 1 aliphatic heterocycles. The van der Waals surface area contributed by atoms with E-state index in [2.05, 4.69) is 0 Å². The van der Waals surface area contributed by atoms with Crippen molar-refractivity contribution in [2.24, 2.45) is 17.4 Å². The van der Waals surface area contributed by atoms with Crippen LogP contribution in [0.1, 0.15) is 17.3 Å². The van der Waals surface area contributed by atoms with Crippen LogP contribution in [0, 0.1) is 5.92 Å². The quantitative estimate of drug-likeness (QED) is 0.828. The molecular formula is C12H18ClN3O3S. The number of primary amides is 1. The fourth-order valence-electron chi connectivity index (χ4n) is 2.08. The third-order valence-corrected chi connectivity index (χ3v) is 5.26. The van der Waals surface area contributed by atoms with E-state index in [1.807, 2.05) is 6.92 Å². The van der Waals surface area contributed by atoms with Gasteiger partial charge in [-0.25, -0.2) is 8.42 Å². The van der Waals surface area contributed by atoms with Crippen molar-refractivity contribution in [3.8, 4) is 0 Å². The maximum atomic E-state index is 12.4. The second-order valence-electron chi connectivity index (χ2n) is 4.85. The lowest BCUT2D eigenvalue weighted by Crippen LogP contribution is -2.32. The second kappa shape index (κ2) is 6.09. The smallest absolute Gasteiger partial charge is 0.248 e. The molecule has 1 aliphatic rings. The van der Waals surface area contributed by atoms with Gasteiger partial charge in [0.1, 0.15) is 0 Å². The van der Waals surface area contributed by atoms with Gasteiger partial charge in [0.25, 0.3) is 0 Å². The molecule has 8 heteroatoms. The van der Waals surface area contributed by atoms with Gasteiger partial charge in [-0.15, -0.1) is 12.4 Å². The molecule has 1 aromatic carbocycles. The van der Waals surface area contributed by atoms with Gasteiger partial charge in [-0.2, -0.15) is 4.31 Å². The molecule has 2 unspecified atom stereocenters. The Hall–Kier alpha value is -1.15. The molecule has 20 heavy (non-hydrogen) atoms. The third kappa shape index (κ3) is 3.12. The van der Waals surface area contributed by atoms with Crippen molar-refractivity contribution in [2.45, 2.75) is 17.9 Å². The van der Waals surface area contributed by atoms with E-state index in [4.69, 9.17) is 11.5 Å². The molecule has 1 fully saturated rings. The van der Waals surface area contributed by atoms with Gasteiger partial charge in [0.15, 0.2) is 0 Å². The Bertz CT molecular complexity index is 578. The van der Waals surface area contributed by atoms with Crippen LogP contribution in [0.25, 0.3) is 0 Å². The highest BCUT2D eigenvalue weighted by atomic mass is 35.5. The van der Waals surface area contributed by atoms with Gasteiger partial charge in [-0.3, -0.25) is 4.79 Å². The summed E-state index contributed by atoms with van der Waals surface area (Å²) in [6, 6.07) is 5.47. The molecule has 0 saturated carbocycles. The number of carbonyl (C=O) groups excluding carboxylic acids is 1. The maximum absolute atomic E-state index is 12.4. The Labute approximate surface area is 124 Å². The van der Waals surface area contributed by atoms with E-state index in [0.717, 1.165) is 0 Å². The van der Waals surface area contributed by atoms with E-state index in [-0.39, 0.29) is 34.8 Å². The number of hydrogen-bond acceptors (Lipinski definition) is 4. The minimum absolute atomic E-state index is 0. The fraction of sp³-hybridized carbons (Fsp3) is 0.417. The number of nitrogens with two attached hydrogens (primary N) is 2. The van der Waals surface area contributed by atoms with Crippen LogP contribution in [0.4, 0.5) is 0 Å². The van der Waals surface area contributed by atoms with Gasteiger partial charge in [-0.1, -0.05) is 6.92 Å². The fourth-order valence-corrected chi connectivity index (χ4v) is 3.66. The first-order valence-corrected chi connectivity index (χ1v) is 7.42. The number of sulfonamides is 1. The molecule has 6 nitrogen and oxygen atoms in total. The Morgan fingerprint density at radius 2 is 1.80 bits per heavy atom. The van der Waals surface area contributed by atoms with Crippen molar-refractivity contribution < 1.29 is 13.2 Å². The summed E-state index contributed by atoms with van der Waals surface area (Å²) in [5.74, 6) is -0.444. The molecule has 0 aliphatic carbocycles. The topological polar surface area (TPSA) is 106 Å². The molecule has 2 rings (SSSR count). The number of carbonyl (C=O) groups is 1. The highest BCUT2D eigenvalue weighted by Crippen LogP contribution is 2.23. The minimum Gasteiger partial charge on any atom is -0.366 e. The highest BCUT2D eigenvalue weighted by molar-refractivity contribution is 7.89. The number of halogens is 1. The summed E-state index contributed by atoms with van der Waals surface area (Å²) in [7, 11) is -3.55. The molecule has 1 aromatic rings. The molecule has 1 heterocycles. The number of amides is 1. The highest BCUT2D eigenvalue weighted by Gasteiger charge is 2.35. The molecule has 112 valence electrons. The van der Waals surface area contributed by atoms with E-state index in [0.29, 0.717) is 13.1 Å². The SMILES string of the molecule is CC1CN(S(=O)(=O)c2ccc(C(N)=O)cc2)CC1N.Cl. The van der Waals surface area contributed by atoms with Crippen LogP contribution in [0.5, 0.6) is 0 Å². The first-order chi connectivity index (χ1) is 8.82. The second-order valence-corrected chi connectivity index (χ2v) is 6.79. The van der Waals surface area contributed by atoms with Crippen LogP contribution in [0.2, 0.25) is 0 Å². The average molecular weight is 320 g/mol. The predicted molar refractivity (Wildman–Crippen MR) is 78.1 cm³/mol. The van der Waals surface area contributed by atoms with Gasteiger partial charge in [0.05, 0.1) is 4.90 Å². The van der Waals surface area contributed by atoms with Crippen molar-refractivity contribution in [1.82, 2.24) is 4.31 Å². The van der Waals surface area contributed by atoms with Crippen LogP contribution in [-0.2, 0) is 10.0 Å². The summed E-state index contributed by atoms with van der Waals surface area (Å²) in [4.78, 5) is 11.1. The van der Waals surface area contributed by atoms with Crippen LogP contribution in [0.3, 0.4) is 0 Å². The lowest BCUT2D eigenvalue weighted by molar-refractivity contribution is 0.1000. The average Bonchev–Trinajstić information content (AvgIpc) is 2.70. The van der Waals surface area contributed by atoms with Crippen LogP contribution >= 0.6 is 12.4 Å². The molecule has 0 aromatic heterocycles. The number of hydrogen-bond donors (Lipinski definition) is 2. The van der Waals surface area contributed by atoms with Crippen molar-refractivity contribution in [1.29, 1.82) is 0 Å². The van der Waals surface area contributed by atoms with Crippen LogP contribution < -0.4 is 11.5 Å². The first-order valence-electron chi connectivity index (χ1n) is 5.98. The van der Waals surface area contributed by atoms with E-state index in [1.165, 1.54) is 28.6 Å². The molecule has 0 radical (unpaired) electrons. The molecule has 2 atom stereocenters. The van der Waals surface area contributed by atoms with Gasteiger partial charge in [0.2, 0.25) is 15.9 Å². The summed E-state index contributed by atoms with van der Waals surface area (Å²) in [6.45, 7) is 2.67. The lowest BCUT2D eigenvalue weighted by atomic mass is 10.1. The third-order valence-electron chi connectivity index (χ3n) is 3.41. The standard InChI is InChI=1S/C12H17N3O3S.ClH/c1-8-6-15(7-11(8)13)19(17,18)10-4-2-9(3-5-10)12(14)16;/h2-5,8,11H,6-7,13H2,1H3,(H2,14,16);1H. The molecule has 4 N–H and O–H groups in total. The zero-order valence-electron chi connectivity index (χ0n) is 11.0. The Kier molecular flexibility index (Phi) is 5.15. The summed E-state index contributed by atoms with van der Waals surface area (Å²) in [5, 5.41) is 0. The van der Waals surface area contributed by atoms with Crippen molar-refractivity contribution in [2.75, 3.05) is 13.1 Å². The number of rotatable bonds is 3. The summed E-state index contributed by atoms with van der Waals surface area (Å²) >= 11 is 0. The monoisotopic (exact) mass is 319 g/mol. The number of benzene rings is 1. The first kappa shape index (κ1) is 16.9. The van der Waals surface area contributed by atoms with E-state index in [9.17, 15) is 13.2 Å². The van der Waals surface area contributed by atoms with Gasteiger partial charge in [0, 0.05) is 24.7 Å². The normalized spacial score (nSPS) is 23.3. The maximum Gasteiger partial charge on any atom is 0.248 e. The molecule has 1 amide bonds. The largest absolute Gasteiger partial charge is 0.366 e. The van der Waals surface area contributed by atoms with Crippen LogP contribution in [0.15, 0.2) is 29.2 Å². The minimum atomic E-state index is -3.55. The Morgan fingerprint density at radius 3 is 2.20 bits per heavy atom.